The van der Waals surface area contributed by atoms with Crippen LogP contribution in [-0.4, -0.2) is 46.6 Å². The van der Waals surface area contributed by atoms with Gasteiger partial charge in [0.2, 0.25) is 0 Å². The maximum absolute atomic E-state index is 6.10. The molecule has 4 aromatic carbocycles. The predicted molar refractivity (Wildman–Crippen MR) is 218 cm³/mol. The quantitative estimate of drug-likeness (QED) is 0.161. The number of aryl methyl sites for hydroxylation is 4. The highest BCUT2D eigenvalue weighted by Gasteiger charge is 2.52. The number of aromatic nitrogens is 2. The van der Waals surface area contributed by atoms with Crippen LogP contribution in [0, 0.1) is 27.7 Å². The smallest absolute Gasteiger partial charge is 0.423 e. The molecule has 12 heteroatoms. The zero-order valence-corrected chi connectivity index (χ0v) is 33.4. The van der Waals surface area contributed by atoms with Crippen LogP contribution in [0.5, 0.6) is 0 Å². The second-order valence-electron chi connectivity index (χ2n) is 16.6. The Morgan fingerprint density at radius 1 is 0.463 bits per heavy atom. The molecule has 0 unspecified atom stereocenters. The molecule has 2 N–H and O–H groups in total. The van der Waals surface area contributed by atoms with E-state index in [1.54, 1.807) is 0 Å². The summed E-state index contributed by atoms with van der Waals surface area (Å²) in [6.07, 6.45) is 0. The molecule has 0 saturated carbocycles. The largest absolute Gasteiger partial charge is 0.494 e. The lowest BCUT2D eigenvalue weighted by Crippen LogP contribution is -2.41. The second kappa shape index (κ2) is 13.6. The minimum absolute atomic E-state index is 0.344. The van der Waals surface area contributed by atoms with E-state index in [2.05, 4.69) is 102 Å². The van der Waals surface area contributed by atoms with Crippen molar-refractivity contribution in [2.24, 2.45) is 0 Å². The first kappa shape index (κ1) is 37.7. The monoisotopic (exact) mass is 728 g/mol. The van der Waals surface area contributed by atoms with Gasteiger partial charge in [0.1, 0.15) is 11.0 Å². The molecule has 2 aromatic heterocycles. The highest BCUT2D eigenvalue weighted by Crippen LogP contribution is 2.38. The molecule has 0 amide bonds. The van der Waals surface area contributed by atoms with Gasteiger partial charge < -0.3 is 38.1 Å². The summed E-state index contributed by atoms with van der Waals surface area (Å²) in [5, 5.41) is 6.46. The van der Waals surface area contributed by atoms with Gasteiger partial charge in [0.15, 0.2) is 11.2 Å². The molecule has 2 aliphatic heterocycles. The summed E-state index contributed by atoms with van der Waals surface area (Å²) in [7, 11) is -0.724. The Balaban J connectivity index is 0.000000167. The lowest BCUT2D eigenvalue weighted by atomic mass is 9.79. The summed E-state index contributed by atoms with van der Waals surface area (Å²) in [5.41, 5.74) is 10.3. The third-order valence-corrected chi connectivity index (χ3v) is 11.0. The van der Waals surface area contributed by atoms with E-state index >= 15 is 0 Å². The fraction of sp³-hybridized carbons (Fsp3) is 0.381. The van der Waals surface area contributed by atoms with Crippen LogP contribution in [0.4, 0.5) is 23.4 Å². The van der Waals surface area contributed by atoms with Gasteiger partial charge in [-0.05, 0) is 153 Å². The van der Waals surface area contributed by atoms with Crippen molar-refractivity contribution >= 4 is 70.8 Å². The lowest BCUT2D eigenvalue weighted by molar-refractivity contribution is 0.00578. The van der Waals surface area contributed by atoms with E-state index in [1.807, 2.05) is 74.5 Å². The van der Waals surface area contributed by atoms with E-state index in [4.69, 9.17) is 27.5 Å². The maximum atomic E-state index is 6.10. The number of hydrogen-bond acceptors (Lipinski definition) is 10. The molecule has 280 valence electrons. The van der Waals surface area contributed by atoms with Crippen LogP contribution in [0.2, 0.25) is 0 Å². The fourth-order valence-electron chi connectivity index (χ4n) is 6.51. The van der Waals surface area contributed by atoms with Crippen LogP contribution in [0.3, 0.4) is 0 Å². The van der Waals surface area contributed by atoms with Gasteiger partial charge >= 0.3 is 14.2 Å². The molecule has 0 spiro atoms. The zero-order valence-electron chi connectivity index (χ0n) is 33.4. The maximum Gasteiger partial charge on any atom is 0.494 e. The van der Waals surface area contributed by atoms with Gasteiger partial charge in [0, 0.05) is 11.4 Å². The molecule has 0 atom stereocenters. The minimum atomic E-state index is -0.362. The van der Waals surface area contributed by atoms with Gasteiger partial charge in [-0.25, -0.2) is 0 Å². The molecule has 4 heterocycles. The normalized spacial score (nSPS) is 18.2. The van der Waals surface area contributed by atoms with Gasteiger partial charge in [-0.15, -0.1) is 0 Å². The van der Waals surface area contributed by atoms with Crippen LogP contribution in [0.1, 0.15) is 77.6 Å². The summed E-state index contributed by atoms with van der Waals surface area (Å²) in [5.74, 6) is 0. The molecule has 54 heavy (non-hydrogen) atoms. The van der Waals surface area contributed by atoms with Gasteiger partial charge in [-0.3, -0.25) is 0 Å². The van der Waals surface area contributed by atoms with Crippen LogP contribution >= 0.6 is 0 Å². The average molecular weight is 729 g/mol. The first-order valence-corrected chi connectivity index (χ1v) is 18.5. The van der Waals surface area contributed by atoms with E-state index in [0.717, 1.165) is 55.6 Å². The number of nitrogens with one attached hydrogen (secondary N) is 2. The number of oxazole rings is 2. The Bertz CT molecular complexity index is 2120. The predicted octanol–water partition coefficient (Wildman–Crippen LogP) is 8.97. The molecule has 2 saturated heterocycles. The lowest BCUT2D eigenvalue weighted by Gasteiger charge is -2.32. The van der Waals surface area contributed by atoms with Crippen LogP contribution in [-0.2, 0) is 18.6 Å². The number of benzene rings is 4. The highest BCUT2D eigenvalue weighted by atomic mass is 16.7. The topological polar surface area (TPSA) is 113 Å². The van der Waals surface area contributed by atoms with Crippen molar-refractivity contribution in [2.45, 2.75) is 105 Å². The number of hydrogen-bond donors (Lipinski definition) is 2. The second-order valence-corrected chi connectivity index (χ2v) is 16.6. The Kier molecular flexibility index (Phi) is 9.49. The third kappa shape index (κ3) is 7.40. The van der Waals surface area contributed by atoms with Crippen molar-refractivity contribution in [2.75, 3.05) is 10.6 Å². The average Bonchev–Trinajstić information content (AvgIpc) is 3.78. The van der Waals surface area contributed by atoms with Crippen molar-refractivity contribution in [1.82, 2.24) is 9.97 Å². The standard InChI is InChI=1S/2C21H25BN2O3/c2*1-13-11-14(2)18-17(12-13)24-19(25-18)23-16-9-7-15(8-10-16)22-26-20(3,4)21(5,6)27-22/h2*7-12H,1-6H3,(H,23,24). The summed E-state index contributed by atoms with van der Waals surface area (Å²) < 4.78 is 36.1. The van der Waals surface area contributed by atoms with E-state index in [-0.39, 0.29) is 36.6 Å². The van der Waals surface area contributed by atoms with Gasteiger partial charge in [0.05, 0.1) is 22.4 Å². The Labute approximate surface area is 318 Å². The van der Waals surface area contributed by atoms with E-state index in [0.29, 0.717) is 12.0 Å². The Morgan fingerprint density at radius 2 is 0.778 bits per heavy atom. The van der Waals surface area contributed by atoms with E-state index in [1.165, 1.54) is 11.1 Å². The minimum Gasteiger partial charge on any atom is -0.423 e. The highest BCUT2D eigenvalue weighted by molar-refractivity contribution is 6.62. The molecular formula is C42H50B2N4O6. The van der Waals surface area contributed by atoms with Gasteiger partial charge in [-0.2, -0.15) is 9.97 Å². The van der Waals surface area contributed by atoms with E-state index in [9.17, 15) is 0 Å². The van der Waals surface area contributed by atoms with E-state index < -0.39 is 0 Å². The number of fused-ring (bicyclic) bond motifs is 2. The van der Waals surface area contributed by atoms with Crippen molar-refractivity contribution < 1.29 is 27.5 Å². The van der Waals surface area contributed by atoms with Gasteiger partial charge in [0.25, 0.3) is 12.0 Å². The SMILES string of the molecule is Cc1cc(C)c2oc(Nc3ccc(B4OC(C)(C)C(C)(C)O4)cc3)nc2c1.Cc1cc(C)c2oc(Nc3ccc(B4OC(C)(C)C(C)(C)O4)cc3)nc2c1. The molecule has 2 aliphatic rings. The Morgan fingerprint density at radius 3 is 1.09 bits per heavy atom. The third-order valence-electron chi connectivity index (χ3n) is 11.0. The van der Waals surface area contributed by atoms with Crippen molar-refractivity contribution in [1.29, 1.82) is 0 Å². The summed E-state index contributed by atoms with van der Waals surface area (Å²) in [4.78, 5) is 9.08. The first-order chi connectivity index (χ1) is 25.3. The molecule has 0 aliphatic carbocycles. The summed E-state index contributed by atoms with van der Waals surface area (Å²) >= 11 is 0. The molecule has 10 nitrogen and oxygen atoms in total. The first-order valence-electron chi connectivity index (χ1n) is 18.5. The molecule has 0 bridgehead atoms. The Hall–Kier alpha value is -4.61. The molecule has 6 aromatic rings. The zero-order chi connectivity index (χ0) is 38.8. The van der Waals surface area contributed by atoms with Crippen LogP contribution in [0.25, 0.3) is 22.2 Å². The molecule has 8 rings (SSSR count). The summed E-state index contributed by atoms with van der Waals surface area (Å²) in [6.45, 7) is 24.6. The number of nitrogens with zero attached hydrogens (tertiary/aromatic N) is 2. The van der Waals surface area contributed by atoms with Crippen molar-refractivity contribution in [3.05, 3.63) is 95.1 Å². The molecule has 2 fully saturated rings. The van der Waals surface area contributed by atoms with Gasteiger partial charge in [-0.1, -0.05) is 36.4 Å². The van der Waals surface area contributed by atoms with Crippen LogP contribution < -0.4 is 21.6 Å². The number of anilines is 4. The molecular weight excluding hydrogens is 678 g/mol. The fourth-order valence-corrected chi connectivity index (χ4v) is 6.51. The van der Waals surface area contributed by atoms with Crippen molar-refractivity contribution in [3.8, 4) is 0 Å². The van der Waals surface area contributed by atoms with Crippen LogP contribution in [0.15, 0.2) is 81.6 Å². The summed E-state index contributed by atoms with van der Waals surface area (Å²) in [6, 6.07) is 25.1. The van der Waals surface area contributed by atoms with Crippen molar-refractivity contribution in [3.63, 3.8) is 0 Å². The number of rotatable bonds is 6. The molecule has 0 radical (unpaired) electrons.